The van der Waals surface area contributed by atoms with Crippen molar-refractivity contribution in [2.24, 2.45) is 10.7 Å². The Labute approximate surface area is 206 Å². The summed E-state index contributed by atoms with van der Waals surface area (Å²) in [4.78, 5) is 30.5. The number of allylic oxidation sites excluding steroid dienone is 3. The minimum absolute atomic E-state index is 0.0130. The number of amides is 2. The molecule has 1 aliphatic carbocycles. The summed E-state index contributed by atoms with van der Waals surface area (Å²) in [6.07, 6.45) is 8.16. The molecule has 3 rings (SSSR count). The van der Waals surface area contributed by atoms with E-state index in [0.29, 0.717) is 31.2 Å². The molecule has 9 nitrogen and oxygen atoms in total. The number of amidine groups is 1. The predicted molar refractivity (Wildman–Crippen MR) is 136 cm³/mol. The van der Waals surface area contributed by atoms with Crippen molar-refractivity contribution in [2.45, 2.75) is 44.4 Å². The van der Waals surface area contributed by atoms with Gasteiger partial charge in [0.05, 0.1) is 13.2 Å². The molecule has 0 bridgehead atoms. The highest BCUT2D eigenvalue weighted by atomic mass is 16.3. The Hall–Kier alpha value is -3.48. The summed E-state index contributed by atoms with van der Waals surface area (Å²) in [5, 5.41) is 23.5. The second kappa shape index (κ2) is 12.8. The van der Waals surface area contributed by atoms with Crippen molar-refractivity contribution in [1.29, 1.82) is 5.26 Å². The molecule has 2 amide bonds. The molecule has 1 saturated heterocycles. The summed E-state index contributed by atoms with van der Waals surface area (Å²) < 4.78 is 0. The van der Waals surface area contributed by atoms with Gasteiger partial charge in [-0.05, 0) is 67.7 Å². The van der Waals surface area contributed by atoms with Crippen LogP contribution in [0.4, 0.5) is 5.69 Å². The number of nitrogens with zero attached hydrogens (tertiary/aromatic N) is 3. The number of hydrogen-bond acceptors (Lipinski definition) is 6. The Balaban J connectivity index is 1.75. The molecule has 5 N–H and O–H groups in total. The zero-order valence-corrected chi connectivity index (χ0v) is 20.1. The topological polar surface area (TPSA) is 144 Å². The average Bonchev–Trinajstić information content (AvgIpc) is 2.89. The van der Waals surface area contributed by atoms with E-state index in [1.807, 2.05) is 17.0 Å². The zero-order chi connectivity index (χ0) is 25.2. The fourth-order valence-corrected chi connectivity index (χ4v) is 4.53. The normalized spacial score (nSPS) is 16.9. The summed E-state index contributed by atoms with van der Waals surface area (Å²) in [6.45, 7) is 5.48. The van der Waals surface area contributed by atoms with Crippen molar-refractivity contribution < 1.29 is 14.7 Å². The fourth-order valence-electron chi connectivity index (χ4n) is 4.53. The van der Waals surface area contributed by atoms with Crippen LogP contribution in [0.25, 0.3) is 5.57 Å². The van der Waals surface area contributed by atoms with Crippen LogP contribution in [0, 0.1) is 11.3 Å². The van der Waals surface area contributed by atoms with E-state index < -0.39 is 5.91 Å². The third kappa shape index (κ3) is 7.25. The molecule has 35 heavy (non-hydrogen) atoms. The summed E-state index contributed by atoms with van der Waals surface area (Å²) in [7, 11) is 0. The number of aliphatic hydroxyl groups is 1. The molecule has 1 heterocycles. The fraction of sp³-hybridized carbons (Fsp3) is 0.462. The zero-order valence-electron chi connectivity index (χ0n) is 20.1. The van der Waals surface area contributed by atoms with E-state index >= 15 is 0 Å². The number of carbonyl (C=O) groups is 2. The number of likely N-dealkylation sites (tertiary alicyclic amines) is 1. The summed E-state index contributed by atoms with van der Waals surface area (Å²) in [5.41, 5.74) is 9.66. The summed E-state index contributed by atoms with van der Waals surface area (Å²) in [6, 6.07) is 7.83. The number of aliphatic imine (C=N–C) groups is 1. The number of benzene rings is 1. The first kappa shape index (κ1) is 26.1. The standard InChI is InChI=1S/C26H34N6O3/c1-18(16-27)30-25(28)26(35)31-23-8-7-21(15-22(23)20-5-3-2-4-6-20)19-9-12-32(13-10-19)24(34)17-29-11-14-33/h5,7-8,15,19,29,33H,1-4,6,9-14,17H2,(H2,28,30)(H,31,35). The number of nitriles is 1. The van der Waals surface area contributed by atoms with E-state index in [0.717, 1.165) is 44.1 Å². The molecule has 0 saturated carbocycles. The van der Waals surface area contributed by atoms with Gasteiger partial charge in [0, 0.05) is 30.9 Å². The Morgan fingerprint density at radius 1 is 1.29 bits per heavy atom. The molecule has 9 heteroatoms. The van der Waals surface area contributed by atoms with Gasteiger partial charge in [0.25, 0.3) is 5.91 Å². The highest BCUT2D eigenvalue weighted by Crippen LogP contribution is 2.36. The van der Waals surface area contributed by atoms with Crippen LogP contribution in [0.3, 0.4) is 0 Å². The smallest absolute Gasteiger partial charge is 0.290 e. The first-order valence-corrected chi connectivity index (χ1v) is 12.1. The molecular formula is C26H34N6O3. The van der Waals surface area contributed by atoms with Gasteiger partial charge in [-0.2, -0.15) is 5.26 Å². The summed E-state index contributed by atoms with van der Waals surface area (Å²) >= 11 is 0. The second-order valence-electron chi connectivity index (χ2n) is 8.85. The van der Waals surface area contributed by atoms with Gasteiger partial charge in [-0.25, -0.2) is 4.99 Å². The third-order valence-electron chi connectivity index (χ3n) is 6.43. The van der Waals surface area contributed by atoms with Gasteiger partial charge in [0.2, 0.25) is 5.91 Å². The quantitative estimate of drug-likeness (QED) is 0.195. The maximum Gasteiger partial charge on any atom is 0.290 e. The van der Waals surface area contributed by atoms with E-state index in [4.69, 9.17) is 16.1 Å². The Morgan fingerprint density at radius 3 is 2.71 bits per heavy atom. The van der Waals surface area contributed by atoms with Gasteiger partial charge < -0.3 is 26.4 Å². The van der Waals surface area contributed by atoms with Crippen LogP contribution >= 0.6 is 0 Å². The minimum atomic E-state index is -0.576. The van der Waals surface area contributed by atoms with Crippen molar-refractivity contribution in [3.8, 4) is 6.07 Å². The van der Waals surface area contributed by atoms with Crippen LogP contribution < -0.4 is 16.4 Å². The van der Waals surface area contributed by atoms with E-state index in [1.54, 1.807) is 6.07 Å². The highest BCUT2D eigenvalue weighted by molar-refractivity contribution is 6.42. The molecule has 1 aromatic carbocycles. The Bertz CT molecular complexity index is 1050. The summed E-state index contributed by atoms with van der Waals surface area (Å²) in [5.74, 6) is -0.507. The van der Waals surface area contributed by atoms with Crippen LogP contribution in [0.2, 0.25) is 0 Å². The lowest BCUT2D eigenvalue weighted by molar-refractivity contribution is -0.131. The monoisotopic (exact) mass is 478 g/mol. The lowest BCUT2D eigenvalue weighted by Crippen LogP contribution is -2.43. The number of piperidine rings is 1. The van der Waals surface area contributed by atoms with Gasteiger partial charge >= 0.3 is 0 Å². The Morgan fingerprint density at radius 2 is 2.06 bits per heavy atom. The first-order valence-electron chi connectivity index (χ1n) is 12.1. The van der Waals surface area contributed by atoms with Gasteiger partial charge in [-0.3, -0.25) is 9.59 Å². The Kier molecular flexibility index (Phi) is 9.58. The van der Waals surface area contributed by atoms with E-state index in [-0.39, 0.29) is 30.6 Å². The predicted octanol–water partition coefficient (Wildman–Crippen LogP) is 2.26. The first-order chi connectivity index (χ1) is 16.9. The number of nitrogens with one attached hydrogen (secondary N) is 2. The molecule has 0 spiro atoms. The SMILES string of the molecule is C=C(C#N)N=C(N)C(=O)Nc1ccc(C2CCN(C(=O)CNCCO)CC2)cc1C1=CCCCC1. The molecule has 1 aromatic rings. The van der Waals surface area contributed by atoms with Gasteiger partial charge in [-0.15, -0.1) is 0 Å². The number of rotatable bonds is 8. The van der Waals surface area contributed by atoms with Crippen molar-refractivity contribution in [3.63, 3.8) is 0 Å². The van der Waals surface area contributed by atoms with Gasteiger partial charge in [-0.1, -0.05) is 18.7 Å². The van der Waals surface area contributed by atoms with Crippen molar-refractivity contribution in [3.05, 3.63) is 47.7 Å². The van der Waals surface area contributed by atoms with Crippen LogP contribution in [0.5, 0.6) is 0 Å². The molecule has 0 unspecified atom stereocenters. The largest absolute Gasteiger partial charge is 0.395 e. The lowest BCUT2D eigenvalue weighted by atomic mass is 9.85. The maximum absolute atomic E-state index is 12.6. The van der Waals surface area contributed by atoms with Crippen LogP contribution in [-0.2, 0) is 9.59 Å². The molecular weight excluding hydrogens is 444 g/mol. The minimum Gasteiger partial charge on any atom is -0.395 e. The molecule has 0 radical (unpaired) electrons. The number of nitrogens with two attached hydrogens (primary N) is 1. The molecule has 1 aliphatic heterocycles. The van der Waals surface area contributed by atoms with E-state index in [1.165, 1.54) is 11.1 Å². The number of anilines is 1. The van der Waals surface area contributed by atoms with Crippen LogP contribution in [0.1, 0.15) is 55.6 Å². The van der Waals surface area contributed by atoms with E-state index in [2.05, 4.69) is 34.3 Å². The molecule has 186 valence electrons. The maximum atomic E-state index is 12.6. The molecule has 0 aromatic heterocycles. The molecule has 1 fully saturated rings. The number of hydrogen-bond donors (Lipinski definition) is 4. The van der Waals surface area contributed by atoms with Crippen molar-refractivity contribution in [2.75, 3.05) is 38.1 Å². The molecule has 2 aliphatic rings. The highest BCUT2D eigenvalue weighted by Gasteiger charge is 2.25. The van der Waals surface area contributed by atoms with Crippen LogP contribution in [0.15, 0.2) is 41.5 Å². The number of carbonyl (C=O) groups excluding carboxylic acids is 2. The van der Waals surface area contributed by atoms with Crippen molar-refractivity contribution >= 4 is 28.9 Å². The molecule has 0 atom stereocenters. The number of aliphatic hydroxyl groups excluding tert-OH is 1. The van der Waals surface area contributed by atoms with Crippen LogP contribution in [-0.4, -0.2) is 60.4 Å². The second-order valence-corrected chi connectivity index (χ2v) is 8.85. The van der Waals surface area contributed by atoms with E-state index in [9.17, 15) is 9.59 Å². The van der Waals surface area contributed by atoms with Crippen molar-refractivity contribution in [1.82, 2.24) is 10.2 Å². The third-order valence-corrected chi connectivity index (χ3v) is 6.43. The van der Waals surface area contributed by atoms with Gasteiger partial charge in [0.1, 0.15) is 11.8 Å². The lowest BCUT2D eigenvalue weighted by Gasteiger charge is -2.33. The average molecular weight is 479 g/mol. The van der Waals surface area contributed by atoms with Gasteiger partial charge in [0.15, 0.2) is 5.84 Å².